The number of carboxylic acids is 1. The molecule has 0 saturated carbocycles. The van der Waals surface area contributed by atoms with Crippen molar-refractivity contribution in [2.45, 2.75) is 21.3 Å². The van der Waals surface area contributed by atoms with Gasteiger partial charge in [0.2, 0.25) is 11.9 Å². The number of halogens is 2. The summed E-state index contributed by atoms with van der Waals surface area (Å²) in [5, 5.41) is 13.6. The fourth-order valence-corrected chi connectivity index (χ4v) is 6.92. The quantitative estimate of drug-likeness (QED) is 0.190. The number of benzene rings is 1. The van der Waals surface area contributed by atoms with Crippen LogP contribution in [0.4, 0.5) is 11.8 Å². The number of carbonyl (C=O) groups excluding carboxylic acids is 2. The van der Waals surface area contributed by atoms with Crippen molar-refractivity contribution in [2.75, 3.05) is 28.7 Å². The molecule has 2 aromatic rings. The SMILES string of the molecule is Nc1cc(SC/C=C/C2=C(C(=O)O)N3C(=O)C(NC(=O)CSc4cc(Cl)ccc4Cl)[C@H]3SC2)nc(N)n1. The number of thioether (sulfide) groups is 3. The van der Waals surface area contributed by atoms with Gasteiger partial charge >= 0.3 is 5.97 Å². The van der Waals surface area contributed by atoms with E-state index in [9.17, 15) is 19.5 Å². The smallest absolute Gasteiger partial charge is 0.352 e. The second-order valence-electron chi connectivity index (χ2n) is 7.70. The Kier molecular flexibility index (Phi) is 8.80. The minimum absolute atomic E-state index is 0.0259. The van der Waals surface area contributed by atoms with E-state index in [-0.39, 0.29) is 29.1 Å². The fourth-order valence-electron chi connectivity index (χ4n) is 3.58. The normalized spacial score (nSPS) is 19.1. The number of hydrogen-bond acceptors (Lipinski definition) is 10. The highest BCUT2D eigenvalue weighted by Crippen LogP contribution is 2.41. The lowest BCUT2D eigenvalue weighted by atomic mass is 10.0. The van der Waals surface area contributed by atoms with Crippen molar-refractivity contribution >= 4 is 88.0 Å². The highest BCUT2D eigenvalue weighted by molar-refractivity contribution is 8.00. The van der Waals surface area contributed by atoms with Crippen LogP contribution in [-0.4, -0.2) is 66.4 Å². The molecule has 0 aliphatic carbocycles. The molecule has 1 unspecified atom stereocenters. The van der Waals surface area contributed by atoms with Crippen LogP contribution >= 0.6 is 58.5 Å². The number of fused-ring (bicyclic) bond motifs is 1. The molecule has 0 radical (unpaired) electrons. The van der Waals surface area contributed by atoms with E-state index in [0.29, 0.717) is 37.0 Å². The molecular formula is C22H20Cl2N6O4S3. The van der Waals surface area contributed by atoms with Crippen LogP contribution < -0.4 is 16.8 Å². The van der Waals surface area contributed by atoms with Crippen LogP contribution in [0.15, 0.2) is 57.6 Å². The van der Waals surface area contributed by atoms with Gasteiger partial charge in [-0.1, -0.05) is 35.4 Å². The largest absolute Gasteiger partial charge is 0.477 e. The second kappa shape index (κ2) is 11.9. The Morgan fingerprint density at radius 2 is 2.03 bits per heavy atom. The number of nitrogens with one attached hydrogen (secondary N) is 1. The molecule has 1 aromatic carbocycles. The zero-order valence-corrected chi connectivity index (χ0v) is 22.9. The maximum atomic E-state index is 12.8. The Labute approximate surface area is 234 Å². The van der Waals surface area contributed by atoms with Crippen molar-refractivity contribution in [1.29, 1.82) is 0 Å². The predicted octanol–water partition coefficient (Wildman–Crippen LogP) is 3.13. The highest BCUT2D eigenvalue weighted by Gasteiger charge is 2.53. The van der Waals surface area contributed by atoms with Crippen LogP contribution in [0, 0.1) is 0 Å². The van der Waals surface area contributed by atoms with E-state index in [1.54, 1.807) is 36.4 Å². The molecule has 15 heteroatoms. The molecule has 0 bridgehead atoms. The van der Waals surface area contributed by atoms with Crippen LogP contribution in [0.1, 0.15) is 0 Å². The standard InChI is InChI=1S/C22H20Cl2N6O4S3/c23-11-3-4-12(24)13(6-11)36-9-15(31)28-17-19(32)30-18(21(33)34)10(8-37-20(17)30)2-1-5-35-16-7-14(25)27-22(26)29-16/h1-4,6-7,17,20H,5,8-9H2,(H,28,31)(H,33,34)(H4,25,26,27,29)/b2-1+/t17?,20-/m1/s1. The van der Waals surface area contributed by atoms with Crippen molar-refractivity contribution in [3.8, 4) is 0 Å². The van der Waals surface area contributed by atoms with Gasteiger partial charge in [0, 0.05) is 27.5 Å². The first-order valence-electron chi connectivity index (χ1n) is 10.6. The first kappa shape index (κ1) is 27.5. The van der Waals surface area contributed by atoms with Gasteiger partial charge in [0.15, 0.2) is 0 Å². The summed E-state index contributed by atoms with van der Waals surface area (Å²) < 4.78 is 0. The minimum atomic E-state index is -1.21. The number of anilines is 2. The third kappa shape index (κ3) is 6.47. The van der Waals surface area contributed by atoms with Crippen molar-refractivity contribution in [3.63, 3.8) is 0 Å². The average Bonchev–Trinajstić information content (AvgIpc) is 2.84. The molecule has 2 atom stereocenters. The minimum Gasteiger partial charge on any atom is -0.477 e. The number of amides is 2. The number of nitrogens with zero attached hydrogens (tertiary/aromatic N) is 3. The third-order valence-corrected chi connectivity index (χ3v) is 9.05. The lowest BCUT2D eigenvalue weighted by Gasteiger charge is -2.49. The number of aliphatic carboxylic acids is 1. The number of rotatable bonds is 9. The molecule has 1 saturated heterocycles. The maximum absolute atomic E-state index is 12.8. The van der Waals surface area contributed by atoms with E-state index >= 15 is 0 Å². The van der Waals surface area contributed by atoms with Crippen molar-refractivity contribution in [1.82, 2.24) is 20.2 Å². The summed E-state index contributed by atoms with van der Waals surface area (Å²) in [5.74, 6) is -0.853. The maximum Gasteiger partial charge on any atom is 0.352 e. The van der Waals surface area contributed by atoms with E-state index < -0.39 is 23.3 Å². The zero-order valence-electron chi connectivity index (χ0n) is 18.9. The van der Waals surface area contributed by atoms with Gasteiger partial charge in [-0.25, -0.2) is 9.78 Å². The molecule has 6 N–H and O–H groups in total. The van der Waals surface area contributed by atoms with E-state index in [1.165, 1.54) is 40.2 Å². The lowest BCUT2D eigenvalue weighted by molar-refractivity contribution is -0.150. The van der Waals surface area contributed by atoms with Crippen LogP contribution in [-0.2, 0) is 14.4 Å². The van der Waals surface area contributed by atoms with Gasteiger partial charge in [-0.05, 0) is 23.8 Å². The van der Waals surface area contributed by atoms with Crippen LogP contribution in [0.25, 0.3) is 0 Å². The second-order valence-corrected chi connectivity index (χ2v) is 11.7. The van der Waals surface area contributed by atoms with Crippen LogP contribution in [0.3, 0.4) is 0 Å². The summed E-state index contributed by atoms with van der Waals surface area (Å²) in [6.45, 7) is 0. The average molecular weight is 600 g/mol. The molecular weight excluding hydrogens is 579 g/mol. The van der Waals surface area contributed by atoms with Gasteiger partial charge in [-0.2, -0.15) is 4.98 Å². The number of nitrogen functional groups attached to an aromatic ring is 2. The van der Waals surface area contributed by atoms with E-state index in [0.717, 1.165) is 0 Å². The molecule has 37 heavy (non-hydrogen) atoms. The first-order chi connectivity index (χ1) is 17.6. The number of allylic oxidation sites excluding steroid dienone is 1. The number of aromatic nitrogens is 2. The molecule has 1 aromatic heterocycles. The van der Waals surface area contributed by atoms with E-state index in [1.807, 2.05) is 0 Å². The number of β-lactam (4-membered cyclic amide) rings is 1. The Morgan fingerprint density at radius 1 is 1.24 bits per heavy atom. The van der Waals surface area contributed by atoms with E-state index in [2.05, 4.69) is 15.3 Å². The Balaban J connectivity index is 1.36. The molecule has 2 aliphatic heterocycles. The Bertz CT molecular complexity index is 1310. The van der Waals surface area contributed by atoms with Crippen molar-refractivity contribution in [3.05, 3.63) is 57.7 Å². The lowest BCUT2D eigenvalue weighted by Crippen LogP contribution is -2.70. The first-order valence-corrected chi connectivity index (χ1v) is 14.4. The molecule has 4 rings (SSSR count). The van der Waals surface area contributed by atoms with Crippen LogP contribution in [0.5, 0.6) is 0 Å². The topological polar surface area (TPSA) is 165 Å². The number of carbonyl (C=O) groups is 3. The van der Waals surface area contributed by atoms with Gasteiger partial charge in [0.1, 0.15) is 28.0 Å². The number of carboxylic acid groups (broad SMARTS) is 1. The van der Waals surface area contributed by atoms with Crippen LogP contribution in [0.2, 0.25) is 10.0 Å². The predicted molar refractivity (Wildman–Crippen MR) is 148 cm³/mol. The van der Waals surface area contributed by atoms with Gasteiger partial charge in [-0.3, -0.25) is 14.5 Å². The van der Waals surface area contributed by atoms with Gasteiger partial charge < -0.3 is 21.9 Å². The summed E-state index contributed by atoms with van der Waals surface area (Å²) in [7, 11) is 0. The van der Waals surface area contributed by atoms with E-state index in [4.69, 9.17) is 34.7 Å². The summed E-state index contributed by atoms with van der Waals surface area (Å²) in [5.41, 5.74) is 11.7. The van der Waals surface area contributed by atoms with Crippen molar-refractivity contribution in [2.24, 2.45) is 0 Å². The van der Waals surface area contributed by atoms with Gasteiger partial charge in [0.05, 0.1) is 10.8 Å². The van der Waals surface area contributed by atoms with Crippen molar-refractivity contribution < 1.29 is 19.5 Å². The Hall–Kier alpha value is -2.58. The monoisotopic (exact) mass is 598 g/mol. The Morgan fingerprint density at radius 3 is 2.76 bits per heavy atom. The molecule has 3 heterocycles. The number of hydrogen-bond donors (Lipinski definition) is 4. The summed E-state index contributed by atoms with van der Waals surface area (Å²) in [6, 6.07) is 5.73. The highest BCUT2D eigenvalue weighted by atomic mass is 35.5. The van der Waals surface area contributed by atoms with Gasteiger partial charge in [-0.15, -0.1) is 35.3 Å². The molecule has 2 aliphatic rings. The summed E-state index contributed by atoms with van der Waals surface area (Å²) in [6.07, 6.45) is 3.46. The summed E-state index contributed by atoms with van der Waals surface area (Å²) in [4.78, 5) is 47.1. The molecule has 1 fully saturated rings. The molecule has 2 amide bonds. The molecule has 194 valence electrons. The molecule has 10 nitrogen and oxygen atoms in total. The zero-order chi connectivity index (χ0) is 26.7. The molecule has 0 spiro atoms. The summed E-state index contributed by atoms with van der Waals surface area (Å²) >= 11 is 16.0. The van der Waals surface area contributed by atoms with Gasteiger partial charge in [0.25, 0.3) is 5.91 Å². The third-order valence-electron chi connectivity index (χ3n) is 5.16. The number of nitrogens with two attached hydrogens (primary N) is 2. The fraction of sp³-hybridized carbons (Fsp3) is 0.227.